The first kappa shape index (κ1) is 10.1. The van der Waals surface area contributed by atoms with E-state index >= 15 is 0 Å². The molecule has 14 heavy (non-hydrogen) atoms. The molecule has 0 saturated heterocycles. The molecule has 0 radical (unpaired) electrons. The smallest absolute Gasteiger partial charge is 0.237 e. The third kappa shape index (κ3) is 2.52. The summed E-state index contributed by atoms with van der Waals surface area (Å²) in [4.78, 5) is 10.9. The van der Waals surface area contributed by atoms with E-state index in [9.17, 15) is 13.6 Å². The molecule has 0 aromatic heterocycles. The zero-order valence-corrected chi connectivity index (χ0v) is 7.05. The average molecular weight is 196 g/mol. The lowest BCUT2D eigenvalue weighted by atomic mass is 10.1. The van der Waals surface area contributed by atoms with Crippen LogP contribution in [0.4, 0.5) is 8.78 Å². The Kier molecular flexibility index (Phi) is 3.13. The van der Waals surface area contributed by atoms with Gasteiger partial charge in [0.05, 0.1) is 6.42 Å². The number of hydrogen-bond donors (Lipinski definition) is 1. The average Bonchev–Trinajstić information content (AvgIpc) is 2.10. The van der Waals surface area contributed by atoms with Gasteiger partial charge in [-0.05, 0) is 11.6 Å². The Balaban J connectivity index is 2.78. The van der Waals surface area contributed by atoms with Crippen LogP contribution in [0, 0.1) is 23.1 Å². The maximum absolute atomic E-state index is 12.9. The van der Waals surface area contributed by atoms with Crippen molar-refractivity contribution < 1.29 is 13.6 Å². The molecular formula is C9H6F2N2O. The van der Waals surface area contributed by atoms with Crippen LogP contribution in [0.5, 0.6) is 0 Å². The van der Waals surface area contributed by atoms with Gasteiger partial charge in [0.15, 0.2) is 6.19 Å². The van der Waals surface area contributed by atoms with E-state index in [4.69, 9.17) is 5.26 Å². The van der Waals surface area contributed by atoms with Gasteiger partial charge in [-0.2, -0.15) is 5.26 Å². The van der Waals surface area contributed by atoms with Crippen LogP contribution in [0.1, 0.15) is 5.56 Å². The largest absolute Gasteiger partial charge is 0.274 e. The number of nitrogens with one attached hydrogen (secondary N) is 1. The summed E-state index contributed by atoms with van der Waals surface area (Å²) < 4.78 is 25.4. The summed E-state index contributed by atoms with van der Waals surface area (Å²) in [6, 6.07) is 2.91. The van der Waals surface area contributed by atoms with Crippen molar-refractivity contribution in [3.63, 3.8) is 0 Å². The predicted octanol–water partition coefficient (Wildman–Crippen LogP) is 1.10. The van der Waals surface area contributed by atoms with Crippen molar-refractivity contribution in [2.45, 2.75) is 6.42 Å². The Morgan fingerprint density at radius 1 is 1.50 bits per heavy atom. The second-order valence-electron chi connectivity index (χ2n) is 2.57. The molecule has 0 aliphatic heterocycles. The molecule has 0 bridgehead atoms. The number of hydrogen-bond acceptors (Lipinski definition) is 2. The second kappa shape index (κ2) is 4.33. The fourth-order valence-corrected chi connectivity index (χ4v) is 0.945. The molecule has 1 aromatic rings. The summed E-state index contributed by atoms with van der Waals surface area (Å²) in [6.07, 6.45) is 1.14. The van der Waals surface area contributed by atoms with Gasteiger partial charge in [0.1, 0.15) is 11.6 Å². The topological polar surface area (TPSA) is 52.9 Å². The van der Waals surface area contributed by atoms with Crippen molar-refractivity contribution in [3.8, 4) is 6.19 Å². The van der Waals surface area contributed by atoms with Gasteiger partial charge in [-0.1, -0.05) is 6.07 Å². The SMILES string of the molecule is N#CNC(=O)Cc1ccc(F)cc1F. The molecule has 72 valence electrons. The lowest BCUT2D eigenvalue weighted by Crippen LogP contribution is -2.20. The Morgan fingerprint density at radius 3 is 2.79 bits per heavy atom. The van der Waals surface area contributed by atoms with Crippen molar-refractivity contribution in [3.05, 3.63) is 35.4 Å². The van der Waals surface area contributed by atoms with Crippen LogP contribution in [-0.2, 0) is 11.2 Å². The number of carbonyl (C=O) groups is 1. The highest BCUT2D eigenvalue weighted by molar-refractivity contribution is 5.79. The van der Waals surface area contributed by atoms with E-state index in [1.807, 2.05) is 5.32 Å². The molecule has 0 unspecified atom stereocenters. The molecule has 0 atom stereocenters. The highest BCUT2D eigenvalue weighted by Gasteiger charge is 2.08. The lowest BCUT2D eigenvalue weighted by Gasteiger charge is -2.00. The molecule has 0 heterocycles. The lowest BCUT2D eigenvalue weighted by molar-refractivity contribution is -0.119. The van der Waals surface area contributed by atoms with Gasteiger partial charge >= 0.3 is 0 Å². The van der Waals surface area contributed by atoms with Crippen LogP contribution in [-0.4, -0.2) is 5.91 Å². The summed E-state index contributed by atoms with van der Waals surface area (Å²) in [7, 11) is 0. The van der Waals surface area contributed by atoms with Gasteiger partial charge in [-0.3, -0.25) is 10.1 Å². The fourth-order valence-electron chi connectivity index (χ4n) is 0.945. The highest BCUT2D eigenvalue weighted by Crippen LogP contribution is 2.09. The first-order chi connectivity index (χ1) is 6.63. The third-order valence-electron chi connectivity index (χ3n) is 1.56. The van der Waals surface area contributed by atoms with Crippen LogP contribution in [0.3, 0.4) is 0 Å². The zero-order valence-electron chi connectivity index (χ0n) is 7.05. The van der Waals surface area contributed by atoms with E-state index < -0.39 is 17.5 Å². The molecule has 1 amide bonds. The number of benzene rings is 1. The van der Waals surface area contributed by atoms with Gasteiger partial charge < -0.3 is 0 Å². The summed E-state index contributed by atoms with van der Waals surface area (Å²) in [5.41, 5.74) is 0.0548. The predicted molar refractivity (Wildman–Crippen MR) is 43.8 cm³/mol. The fraction of sp³-hybridized carbons (Fsp3) is 0.111. The summed E-state index contributed by atoms with van der Waals surface area (Å²) in [6.45, 7) is 0. The molecule has 0 spiro atoms. The molecule has 0 fully saturated rings. The Labute approximate surface area is 79.0 Å². The minimum absolute atomic E-state index is 0.0548. The van der Waals surface area contributed by atoms with E-state index in [1.165, 1.54) is 12.3 Å². The van der Waals surface area contributed by atoms with Gasteiger partial charge in [-0.15, -0.1) is 0 Å². The Bertz CT molecular complexity index is 398. The number of rotatable bonds is 2. The van der Waals surface area contributed by atoms with Crippen molar-refractivity contribution in [1.29, 1.82) is 5.26 Å². The molecule has 3 nitrogen and oxygen atoms in total. The molecule has 0 aliphatic rings. The Morgan fingerprint density at radius 2 is 2.21 bits per heavy atom. The number of nitriles is 1. The quantitative estimate of drug-likeness (QED) is 0.569. The monoisotopic (exact) mass is 196 g/mol. The first-order valence-electron chi connectivity index (χ1n) is 3.75. The van der Waals surface area contributed by atoms with Gasteiger partial charge in [0.25, 0.3) is 0 Å². The molecule has 0 aliphatic carbocycles. The molecule has 5 heteroatoms. The standard InChI is InChI=1S/C9H6F2N2O/c10-7-2-1-6(8(11)4-7)3-9(14)13-5-12/h1-2,4H,3H2,(H,13,14). The second-order valence-corrected chi connectivity index (χ2v) is 2.57. The number of halogens is 2. The van der Waals surface area contributed by atoms with Crippen molar-refractivity contribution in [1.82, 2.24) is 5.32 Å². The summed E-state index contributed by atoms with van der Waals surface area (Å²) in [5, 5.41) is 9.93. The minimum atomic E-state index is -0.793. The molecule has 1 aromatic carbocycles. The van der Waals surface area contributed by atoms with Crippen LogP contribution in [0.15, 0.2) is 18.2 Å². The minimum Gasteiger partial charge on any atom is -0.274 e. The van der Waals surface area contributed by atoms with Gasteiger partial charge in [0.2, 0.25) is 5.91 Å². The van der Waals surface area contributed by atoms with Crippen LogP contribution in [0.25, 0.3) is 0 Å². The maximum Gasteiger partial charge on any atom is 0.237 e. The zero-order chi connectivity index (χ0) is 10.6. The van der Waals surface area contributed by atoms with E-state index in [1.54, 1.807) is 0 Å². The molecular weight excluding hydrogens is 190 g/mol. The molecule has 1 N–H and O–H groups in total. The van der Waals surface area contributed by atoms with E-state index in [2.05, 4.69) is 0 Å². The first-order valence-corrected chi connectivity index (χ1v) is 3.75. The van der Waals surface area contributed by atoms with Crippen LogP contribution < -0.4 is 5.32 Å². The third-order valence-corrected chi connectivity index (χ3v) is 1.56. The van der Waals surface area contributed by atoms with Crippen LogP contribution >= 0.6 is 0 Å². The molecule has 0 saturated carbocycles. The Hall–Kier alpha value is -1.96. The van der Waals surface area contributed by atoms with E-state index in [0.29, 0.717) is 6.07 Å². The van der Waals surface area contributed by atoms with Crippen molar-refractivity contribution >= 4 is 5.91 Å². The molecule has 1 rings (SSSR count). The summed E-state index contributed by atoms with van der Waals surface area (Å²) in [5.74, 6) is -2.12. The van der Waals surface area contributed by atoms with Crippen molar-refractivity contribution in [2.24, 2.45) is 0 Å². The maximum atomic E-state index is 12.9. The normalized spacial score (nSPS) is 9.21. The highest BCUT2D eigenvalue weighted by atomic mass is 19.1. The summed E-state index contributed by atoms with van der Waals surface area (Å²) >= 11 is 0. The van der Waals surface area contributed by atoms with Gasteiger partial charge in [0, 0.05) is 6.07 Å². The van der Waals surface area contributed by atoms with Gasteiger partial charge in [-0.25, -0.2) is 8.78 Å². The van der Waals surface area contributed by atoms with E-state index in [0.717, 1.165) is 6.07 Å². The number of amides is 1. The van der Waals surface area contributed by atoms with E-state index in [-0.39, 0.29) is 12.0 Å². The van der Waals surface area contributed by atoms with Crippen LogP contribution in [0.2, 0.25) is 0 Å². The number of nitrogens with zero attached hydrogens (tertiary/aromatic N) is 1. The van der Waals surface area contributed by atoms with Crippen molar-refractivity contribution in [2.75, 3.05) is 0 Å². The number of carbonyl (C=O) groups excluding carboxylic acids is 1.